The van der Waals surface area contributed by atoms with Crippen molar-refractivity contribution in [2.45, 2.75) is 19.8 Å². The Morgan fingerprint density at radius 2 is 1.54 bits per heavy atom. The number of rotatable bonds is 5. The second-order valence-electron chi connectivity index (χ2n) is 5.64. The Labute approximate surface area is 138 Å². The predicted molar refractivity (Wildman–Crippen MR) is 87.5 cm³/mol. The van der Waals surface area contributed by atoms with Gasteiger partial charge in [0.2, 0.25) is 0 Å². The van der Waals surface area contributed by atoms with Crippen molar-refractivity contribution in [3.05, 3.63) is 58.7 Å². The molecule has 0 saturated carbocycles. The molecular formula is C19H16O5. The minimum atomic E-state index is -1.08. The van der Waals surface area contributed by atoms with Gasteiger partial charge >= 0.3 is 11.9 Å². The number of hydrogen-bond acceptors (Lipinski definition) is 4. The summed E-state index contributed by atoms with van der Waals surface area (Å²) in [5.41, 5.74) is 2.53. The van der Waals surface area contributed by atoms with Crippen LogP contribution in [0.3, 0.4) is 0 Å². The number of unbranched alkanes of at least 4 members (excludes halogenated alkanes) is 1. The van der Waals surface area contributed by atoms with Crippen molar-refractivity contribution in [2.24, 2.45) is 0 Å². The molecule has 0 saturated heterocycles. The van der Waals surface area contributed by atoms with Gasteiger partial charge in [-0.2, -0.15) is 0 Å². The zero-order chi connectivity index (χ0) is 17.3. The monoisotopic (exact) mass is 324 g/mol. The normalized spacial score (nSPS) is 11.8. The smallest absolute Gasteiger partial charge is 0.338 e. The van der Waals surface area contributed by atoms with Gasteiger partial charge in [0.1, 0.15) is 0 Å². The van der Waals surface area contributed by atoms with Crippen LogP contribution in [-0.2, 0) is 4.74 Å². The van der Waals surface area contributed by atoms with Crippen LogP contribution in [0.4, 0.5) is 0 Å². The van der Waals surface area contributed by atoms with E-state index in [4.69, 9.17) is 9.84 Å². The quantitative estimate of drug-likeness (QED) is 0.573. The van der Waals surface area contributed by atoms with Crippen LogP contribution in [0.25, 0.3) is 11.1 Å². The zero-order valence-corrected chi connectivity index (χ0v) is 13.2. The first-order valence-corrected chi connectivity index (χ1v) is 7.76. The highest BCUT2D eigenvalue weighted by Crippen LogP contribution is 2.37. The maximum absolute atomic E-state index is 12.6. The number of carboxylic acid groups (broad SMARTS) is 1. The minimum Gasteiger partial charge on any atom is -0.478 e. The first-order valence-electron chi connectivity index (χ1n) is 7.76. The molecule has 3 rings (SSSR count). The van der Waals surface area contributed by atoms with E-state index in [0.29, 0.717) is 34.4 Å². The largest absolute Gasteiger partial charge is 0.478 e. The Bertz CT molecular complexity index is 851. The van der Waals surface area contributed by atoms with Gasteiger partial charge in [-0.3, -0.25) is 4.79 Å². The van der Waals surface area contributed by atoms with E-state index < -0.39 is 11.9 Å². The molecule has 0 spiro atoms. The highest BCUT2D eigenvalue weighted by molar-refractivity contribution is 6.22. The topological polar surface area (TPSA) is 80.7 Å². The summed E-state index contributed by atoms with van der Waals surface area (Å²) in [7, 11) is 0. The van der Waals surface area contributed by atoms with E-state index in [1.807, 2.05) is 6.92 Å². The second kappa shape index (κ2) is 6.28. The highest BCUT2D eigenvalue weighted by Gasteiger charge is 2.28. The number of ketones is 1. The van der Waals surface area contributed by atoms with Gasteiger partial charge in [-0.1, -0.05) is 25.5 Å². The van der Waals surface area contributed by atoms with E-state index in [-0.39, 0.29) is 11.3 Å². The van der Waals surface area contributed by atoms with Gasteiger partial charge in [-0.15, -0.1) is 0 Å². The van der Waals surface area contributed by atoms with E-state index in [0.717, 1.165) is 12.8 Å². The number of carboxylic acids is 1. The maximum Gasteiger partial charge on any atom is 0.338 e. The van der Waals surface area contributed by atoms with Gasteiger partial charge in [0.25, 0.3) is 0 Å². The number of esters is 1. The van der Waals surface area contributed by atoms with Gasteiger partial charge in [-0.05, 0) is 41.8 Å². The fourth-order valence-electron chi connectivity index (χ4n) is 2.73. The average Bonchev–Trinajstić information content (AvgIpc) is 2.87. The first kappa shape index (κ1) is 15.9. The molecule has 2 aromatic carbocycles. The summed E-state index contributed by atoms with van der Waals surface area (Å²) in [6.07, 6.45) is 1.72. The van der Waals surface area contributed by atoms with Crippen LogP contribution >= 0.6 is 0 Å². The molecule has 0 aromatic heterocycles. The van der Waals surface area contributed by atoms with Crippen molar-refractivity contribution in [1.82, 2.24) is 0 Å². The number of aromatic carboxylic acids is 1. The maximum atomic E-state index is 12.6. The number of ether oxygens (including phenoxy) is 1. The number of benzene rings is 2. The molecule has 2 aromatic rings. The van der Waals surface area contributed by atoms with Crippen LogP contribution in [-0.4, -0.2) is 29.4 Å². The minimum absolute atomic E-state index is 0.0640. The molecule has 0 amide bonds. The zero-order valence-electron chi connectivity index (χ0n) is 13.2. The molecule has 0 radical (unpaired) electrons. The lowest BCUT2D eigenvalue weighted by Crippen LogP contribution is -2.07. The lowest BCUT2D eigenvalue weighted by Gasteiger charge is -2.05. The van der Waals surface area contributed by atoms with E-state index in [1.54, 1.807) is 18.2 Å². The van der Waals surface area contributed by atoms with E-state index >= 15 is 0 Å². The summed E-state index contributed by atoms with van der Waals surface area (Å²) in [4.78, 5) is 35.7. The third-order valence-electron chi connectivity index (χ3n) is 4.03. The van der Waals surface area contributed by atoms with Crippen molar-refractivity contribution in [3.8, 4) is 11.1 Å². The number of carbonyl (C=O) groups is 3. The van der Waals surface area contributed by atoms with Gasteiger partial charge < -0.3 is 9.84 Å². The van der Waals surface area contributed by atoms with Crippen molar-refractivity contribution >= 4 is 17.7 Å². The molecule has 5 nitrogen and oxygen atoms in total. The third kappa shape index (κ3) is 2.69. The Hall–Kier alpha value is -2.95. The predicted octanol–water partition coefficient (Wildman–Crippen LogP) is 3.55. The van der Waals surface area contributed by atoms with Crippen LogP contribution < -0.4 is 0 Å². The van der Waals surface area contributed by atoms with Gasteiger partial charge in [-0.25, -0.2) is 9.59 Å². The van der Waals surface area contributed by atoms with Gasteiger partial charge in [0, 0.05) is 11.1 Å². The Balaban J connectivity index is 1.93. The van der Waals surface area contributed by atoms with Gasteiger partial charge in [0.05, 0.1) is 17.7 Å². The van der Waals surface area contributed by atoms with E-state index in [1.165, 1.54) is 18.2 Å². The molecule has 0 bridgehead atoms. The molecule has 5 heteroatoms. The number of hydrogen-bond donors (Lipinski definition) is 1. The molecule has 1 N–H and O–H groups in total. The molecule has 122 valence electrons. The molecule has 0 fully saturated rings. The summed E-state index contributed by atoms with van der Waals surface area (Å²) < 4.78 is 5.16. The Kier molecular flexibility index (Phi) is 4.16. The molecule has 0 atom stereocenters. The fraction of sp³-hybridized carbons (Fsp3) is 0.211. The van der Waals surface area contributed by atoms with Crippen LogP contribution in [0.15, 0.2) is 36.4 Å². The lowest BCUT2D eigenvalue weighted by molar-refractivity contribution is 0.0499. The van der Waals surface area contributed by atoms with Crippen molar-refractivity contribution in [3.63, 3.8) is 0 Å². The summed E-state index contributed by atoms with van der Waals surface area (Å²) in [6, 6.07) is 9.32. The number of carbonyl (C=O) groups excluding carboxylic acids is 2. The second-order valence-corrected chi connectivity index (χ2v) is 5.64. The summed E-state index contributed by atoms with van der Waals surface area (Å²) in [5.74, 6) is -1.81. The van der Waals surface area contributed by atoms with E-state index in [9.17, 15) is 14.4 Å². The SMILES string of the molecule is CCCCOC(=O)c1ccc2c(c1)C(=O)c1cc(C(=O)O)ccc1-2. The summed E-state index contributed by atoms with van der Waals surface area (Å²) >= 11 is 0. The fourth-order valence-corrected chi connectivity index (χ4v) is 2.73. The standard InChI is InChI=1S/C19H16O5/c1-2-3-8-24-19(23)12-5-7-14-13-6-4-11(18(21)22)9-15(13)17(20)16(14)10-12/h4-7,9-10H,2-3,8H2,1H3,(H,21,22). The molecule has 0 heterocycles. The lowest BCUT2D eigenvalue weighted by atomic mass is 10.0. The Morgan fingerprint density at radius 1 is 0.958 bits per heavy atom. The molecular weight excluding hydrogens is 308 g/mol. The Morgan fingerprint density at radius 3 is 2.12 bits per heavy atom. The summed E-state index contributed by atoms with van der Waals surface area (Å²) in [6.45, 7) is 2.35. The molecule has 0 aliphatic heterocycles. The van der Waals surface area contributed by atoms with Crippen LogP contribution in [0, 0.1) is 0 Å². The first-order chi connectivity index (χ1) is 11.5. The molecule has 1 aliphatic rings. The average molecular weight is 324 g/mol. The summed E-state index contributed by atoms with van der Waals surface area (Å²) in [5, 5.41) is 9.07. The number of fused-ring (bicyclic) bond motifs is 3. The van der Waals surface area contributed by atoms with Crippen LogP contribution in [0.5, 0.6) is 0 Å². The van der Waals surface area contributed by atoms with Crippen LogP contribution in [0.1, 0.15) is 56.4 Å². The third-order valence-corrected chi connectivity index (χ3v) is 4.03. The van der Waals surface area contributed by atoms with Gasteiger partial charge in [0.15, 0.2) is 5.78 Å². The molecule has 0 unspecified atom stereocenters. The van der Waals surface area contributed by atoms with Crippen LogP contribution in [0.2, 0.25) is 0 Å². The highest BCUT2D eigenvalue weighted by atomic mass is 16.5. The molecule has 24 heavy (non-hydrogen) atoms. The van der Waals surface area contributed by atoms with Crippen molar-refractivity contribution < 1.29 is 24.2 Å². The van der Waals surface area contributed by atoms with E-state index in [2.05, 4.69) is 0 Å². The molecule has 1 aliphatic carbocycles. The van der Waals surface area contributed by atoms with Crippen molar-refractivity contribution in [2.75, 3.05) is 6.61 Å². The van der Waals surface area contributed by atoms with Crippen molar-refractivity contribution in [1.29, 1.82) is 0 Å².